The molecule has 3 nitrogen and oxygen atoms in total. The standard InChI is InChI=1S/C54H39N3/c1-29-26-42-35-16-8-9-17-38(35)51-55-50-40-19-11-13-21-45(40)56-34-23-25-37-36-24-22-33(32-14-6-5-7-15-32)27-43(36)54(44(37)28-34)41-20-12-10-18-39(41)47-30(2)46(29)48(31(3)49(47)54)53(42,4)57(51)52(50)56/h5-31H,1-4H3. The molecule has 4 aliphatic carbocycles. The van der Waals surface area contributed by atoms with Crippen LogP contribution in [0.25, 0.3) is 72.5 Å². The molecule has 1 spiro atoms. The number of aromatic nitrogens is 3. The van der Waals surface area contributed by atoms with Gasteiger partial charge in [0.15, 0.2) is 0 Å². The molecule has 6 aliphatic rings. The summed E-state index contributed by atoms with van der Waals surface area (Å²) in [5.41, 5.74) is 24.8. The Bertz CT molecular complexity index is 3310. The minimum absolute atomic E-state index is 0.143. The number of para-hydroxylation sites is 1. The van der Waals surface area contributed by atoms with E-state index < -0.39 is 11.0 Å². The van der Waals surface area contributed by atoms with Crippen molar-refractivity contribution in [1.29, 1.82) is 0 Å². The van der Waals surface area contributed by atoms with Gasteiger partial charge in [0.05, 0.1) is 16.5 Å². The number of hydrogen-bond acceptors (Lipinski definition) is 1. The van der Waals surface area contributed by atoms with Gasteiger partial charge in [0, 0.05) is 28.5 Å². The average Bonchev–Trinajstić information content (AvgIpc) is 3.96. The molecule has 2 aromatic heterocycles. The summed E-state index contributed by atoms with van der Waals surface area (Å²) in [6, 6.07) is 53.2. The van der Waals surface area contributed by atoms with E-state index in [1.54, 1.807) is 16.7 Å². The van der Waals surface area contributed by atoms with Gasteiger partial charge in [-0.3, -0.25) is 9.13 Å². The number of benzene rings is 6. The van der Waals surface area contributed by atoms with E-state index in [1.165, 1.54) is 89.0 Å². The highest BCUT2D eigenvalue weighted by molar-refractivity contribution is 6.09. The summed E-state index contributed by atoms with van der Waals surface area (Å²) in [6.45, 7) is 10.1. The van der Waals surface area contributed by atoms with Gasteiger partial charge in [-0.2, -0.15) is 0 Å². The fourth-order valence-electron chi connectivity index (χ4n) is 13.3. The first-order chi connectivity index (χ1) is 27.9. The second-order valence-electron chi connectivity index (χ2n) is 17.6. The topological polar surface area (TPSA) is 22.8 Å². The molecule has 270 valence electrons. The van der Waals surface area contributed by atoms with Crippen molar-refractivity contribution in [3.8, 4) is 39.3 Å². The third kappa shape index (κ3) is 3.22. The Hall–Kier alpha value is -6.45. The molecule has 0 amide bonds. The molecule has 6 aromatic carbocycles. The molecule has 0 N–H and O–H groups in total. The molecule has 5 unspecified atom stereocenters. The maximum Gasteiger partial charge on any atom is 0.147 e. The van der Waals surface area contributed by atoms with Crippen LogP contribution in [0.1, 0.15) is 55.5 Å². The molecule has 5 atom stereocenters. The second-order valence-corrected chi connectivity index (χ2v) is 17.6. The maximum absolute atomic E-state index is 5.71. The monoisotopic (exact) mass is 729 g/mol. The normalized spacial score (nSPS) is 25.1. The van der Waals surface area contributed by atoms with Crippen LogP contribution in [0.4, 0.5) is 0 Å². The van der Waals surface area contributed by atoms with Gasteiger partial charge < -0.3 is 0 Å². The largest absolute Gasteiger partial charge is 0.296 e. The van der Waals surface area contributed by atoms with Crippen LogP contribution in [-0.2, 0) is 11.0 Å². The van der Waals surface area contributed by atoms with Crippen molar-refractivity contribution in [3.63, 3.8) is 0 Å². The smallest absolute Gasteiger partial charge is 0.147 e. The van der Waals surface area contributed by atoms with Crippen molar-refractivity contribution >= 4 is 33.2 Å². The zero-order chi connectivity index (χ0) is 37.7. The summed E-state index contributed by atoms with van der Waals surface area (Å²) < 4.78 is 5.24. The quantitative estimate of drug-likeness (QED) is 0.154. The summed E-state index contributed by atoms with van der Waals surface area (Å²) in [4.78, 5) is 5.71. The molecule has 3 heteroatoms. The van der Waals surface area contributed by atoms with Crippen LogP contribution in [0.3, 0.4) is 0 Å². The first-order valence-electron chi connectivity index (χ1n) is 20.7. The fourth-order valence-corrected chi connectivity index (χ4v) is 13.3. The minimum Gasteiger partial charge on any atom is -0.296 e. The summed E-state index contributed by atoms with van der Waals surface area (Å²) in [5.74, 6) is 1.72. The molecule has 0 saturated carbocycles. The van der Waals surface area contributed by atoms with E-state index in [2.05, 4.69) is 182 Å². The van der Waals surface area contributed by atoms with Crippen LogP contribution < -0.4 is 0 Å². The van der Waals surface area contributed by atoms with Crippen molar-refractivity contribution in [2.75, 3.05) is 0 Å². The number of allylic oxidation sites excluding steroid dienone is 6. The van der Waals surface area contributed by atoms with Crippen molar-refractivity contribution in [1.82, 2.24) is 14.1 Å². The van der Waals surface area contributed by atoms with Crippen molar-refractivity contribution in [3.05, 3.63) is 190 Å². The van der Waals surface area contributed by atoms with E-state index in [9.17, 15) is 0 Å². The molecule has 8 aromatic rings. The lowest BCUT2D eigenvalue weighted by Crippen LogP contribution is -2.46. The van der Waals surface area contributed by atoms with Crippen LogP contribution >= 0.6 is 0 Å². The minimum atomic E-state index is -0.484. The molecule has 14 rings (SSSR count). The number of rotatable bonds is 1. The lowest BCUT2D eigenvalue weighted by Gasteiger charge is -2.52. The summed E-state index contributed by atoms with van der Waals surface area (Å²) >= 11 is 0. The highest BCUT2D eigenvalue weighted by Crippen LogP contribution is 2.71. The van der Waals surface area contributed by atoms with Gasteiger partial charge in [-0.05, 0) is 109 Å². The molecule has 0 radical (unpaired) electrons. The molecular formula is C54H39N3. The van der Waals surface area contributed by atoms with Crippen LogP contribution in [0.5, 0.6) is 0 Å². The third-order valence-corrected chi connectivity index (χ3v) is 15.2. The van der Waals surface area contributed by atoms with Crippen LogP contribution in [-0.4, -0.2) is 14.1 Å². The van der Waals surface area contributed by atoms with Crippen molar-refractivity contribution in [2.24, 2.45) is 17.8 Å². The Morgan fingerprint density at radius 2 is 1.28 bits per heavy atom. The van der Waals surface area contributed by atoms with Gasteiger partial charge in [-0.25, -0.2) is 4.98 Å². The fraction of sp³-hybridized carbons (Fsp3) is 0.167. The van der Waals surface area contributed by atoms with Gasteiger partial charge in [0.2, 0.25) is 0 Å². The van der Waals surface area contributed by atoms with Gasteiger partial charge in [0.25, 0.3) is 0 Å². The number of imidazole rings is 1. The van der Waals surface area contributed by atoms with Crippen LogP contribution in [0.15, 0.2) is 162 Å². The van der Waals surface area contributed by atoms with Crippen molar-refractivity contribution in [2.45, 2.75) is 38.6 Å². The lowest BCUT2D eigenvalue weighted by atomic mass is 9.55. The lowest BCUT2D eigenvalue weighted by molar-refractivity contribution is 0.419. The molecular weight excluding hydrogens is 691 g/mol. The Morgan fingerprint density at radius 1 is 0.579 bits per heavy atom. The van der Waals surface area contributed by atoms with E-state index in [4.69, 9.17) is 4.98 Å². The Balaban J connectivity index is 1.22. The van der Waals surface area contributed by atoms with Gasteiger partial charge in [-0.1, -0.05) is 148 Å². The van der Waals surface area contributed by atoms with E-state index in [1.807, 2.05) is 0 Å². The molecule has 57 heavy (non-hydrogen) atoms. The van der Waals surface area contributed by atoms with Gasteiger partial charge in [-0.15, -0.1) is 0 Å². The summed E-state index contributed by atoms with van der Waals surface area (Å²) in [7, 11) is 0. The second kappa shape index (κ2) is 9.91. The predicted octanol–water partition coefficient (Wildman–Crippen LogP) is 12.8. The molecule has 0 fully saturated rings. The van der Waals surface area contributed by atoms with Crippen LogP contribution in [0, 0.1) is 17.8 Å². The molecule has 0 saturated heterocycles. The zero-order valence-corrected chi connectivity index (χ0v) is 32.4. The highest BCUT2D eigenvalue weighted by Gasteiger charge is 2.61. The first kappa shape index (κ1) is 30.7. The van der Waals surface area contributed by atoms with E-state index >= 15 is 0 Å². The Kier molecular flexibility index (Phi) is 5.34. The van der Waals surface area contributed by atoms with Crippen LogP contribution in [0.2, 0.25) is 0 Å². The SMILES string of the molecule is CC1C=C2c3ccccc3-c3nc4c5ccccc5n5c4n3C2(C)C2=C1C(C)C1=C(C2C)C2(c3ccccc31)c1cc(-c3ccccc3)ccc1-c1ccc-5cc12. The van der Waals surface area contributed by atoms with Gasteiger partial charge >= 0.3 is 0 Å². The Morgan fingerprint density at radius 3 is 2.12 bits per heavy atom. The average molecular weight is 730 g/mol. The number of nitrogens with zero attached hydrogens (tertiary/aromatic N) is 3. The first-order valence-corrected chi connectivity index (χ1v) is 20.7. The van der Waals surface area contributed by atoms with E-state index in [0.717, 1.165) is 11.3 Å². The van der Waals surface area contributed by atoms with Crippen molar-refractivity contribution < 1.29 is 0 Å². The van der Waals surface area contributed by atoms with E-state index in [0.29, 0.717) is 0 Å². The Labute approximate surface area is 332 Å². The summed E-state index contributed by atoms with van der Waals surface area (Å²) in [5, 5.41) is 1.20. The summed E-state index contributed by atoms with van der Waals surface area (Å²) in [6.07, 6.45) is 2.62. The van der Waals surface area contributed by atoms with Gasteiger partial charge in [0.1, 0.15) is 17.0 Å². The number of fused-ring (bicyclic) bond motifs is 12. The number of hydrogen-bond donors (Lipinski definition) is 0. The highest BCUT2D eigenvalue weighted by atomic mass is 15.2. The molecule has 4 bridgehead atoms. The predicted molar refractivity (Wildman–Crippen MR) is 232 cm³/mol. The molecule has 4 heterocycles. The molecule has 2 aliphatic heterocycles. The van der Waals surface area contributed by atoms with E-state index in [-0.39, 0.29) is 17.8 Å². The maximum atomic E-state index is 5.71. The zero-order valence-electron chi connectivity index (χ0n) is 32.4. The third-order valence-electron chi connectivity index (χ3n) is 15.2.